The van der Waals surface area contributed by atoms with Gasteiger partial charge in [-0.3, -0.25) is 9.36 Å². The van der Waals surface area contributed by atoms with E-state index in [1.807, 2.05) is 6.07 Å². The Labute approximate surface area is 157 Å². The molecule has 0 bridgehead atoms. The second kappa shape index (κ2) is 8.58. The smallest absolute Gasteiger partial charge is 0.343 e. The number of aromatic nitrogens is 3. The van der Waals surface area contributed by atoms with Crippen molar-refractivity contribution >= 4 is 17.7 Å². The number of hydrogen-bond acceptors (Lipinski definition) is 4. The third-order valence-electron chi connectivity index (χ3n) is 5.11. The van der Waals surface area contributed by atoms with Crippen LogP contribution in [0.2, 0.25) is 0 Å². The molecule has 0 atom stereocenters. The Morgan fingerprint density at radius 1 is 1.35 bits per heavy atom. The van der Waals surface area contributed by atoms with Crippen molar-refractivity contribution in [1.29, 1.82) is 0 Å². The SMILES string of the molecule is CCCCn1c(SCC(=O)NCC2(c3ccccc3)CCC2)n[nH]c1=O. The monoisotopic (exact) mass is 374 g/mol. The third-order valence-corrected chi connectivity index (χ3v) is 6.09. The number of H-pyrrole nitrogens is 1. The summed E-state index contributed by atoms with van der Waals surface area (Å²) in [6, 6.07) is 10.4. The van der Waals surface area contributed by atoms with Gasteiger partial charge in [0.2, 0.25) is 5.91 Å². The Bertz CT molecular complexity index is 780. The average molecular weight is 375 g/mol. The van der Waals surface area contributed by atoms with Gasteiger partial charge in [-0.25, -0.2) is 9.89 Å². The summed E-state index contributed by atoms with van der Waals surface area (Å²) in [4.78, 5) is 24.1. The van der Waals surface area contributed by atoms with Crippen molar-refractivity contribution in [3.8, 4) is 0 Å². The molecule has 1 fully saturated rings. The van der Waals surface area contributed by atoms with Gasteiger partial charge in [-0.1, -0.05) is 61.9 Å². The minimum atomic E-state index is -0.209. The zero-order chi connectivity index (χ0) is 18.4. The molecule has 0 saturated heterocycles. The number of rotatable bonds is 9. The van der Waals surface area contributed by atoms with E-state index in [-0.39, 0.29) is 22.8 Å². The van der Waals surface area contributed by atoms with Gasteiger partial charge in [-0.15, -0.1) is 5.10 Å². The summed E-state index contributed by atoms with van der Waals surface area (Å²) in [6.45, 7) is 3.38. The number of carbonyl (C=O) groups excluding carboxylic acids is 1. The minimum Gasteiger partial charge on any atom is -0.354 e. The highest BCUT2D eigenvalue weighted by molar-refractivity contribution is 7.99. The minimum absolute atomic E-state index is 0.0188. The Morgan fingerprint density at radius 3 is 2.77 bits per heavy atom. The Hall–Kier alpha value is -2.02. The van der Waals surface area contributed by atoms with E-state index >= 15 is 0 Å². The molecule has 0 radical (unpaired) electrons. The van der Waals surface area contributed by atoms with Crippen LogP contribution in [0.4, 0.5) is 0 Å². The number of thioether (sulfide) groups is 1. The van der Waals surface area contributed by atoms with E-state index in [1.165, 1.54) is 23.7 Å². The summed E-state index contributed by atoms with van der Waals surface area (Å²) in [5.74, 6) is 0.246. The van der Waals surface area contributed by atoms with Gasteiger partial charge in [0.05, 0.1) is 5.75 Å². The lowest BCUT2D eigenvalue weighted by Crippen LogP contribution is -2.46. The number of nitrogens with zero attached hydrogens (tertiary/aromatic N) is 2. The summed E-state index contributed by atoms with van der Waals surface area (Å²) >= 11 is 1.31. The second-order valence-corrected chi connectivity index (χ2v) is 7.82. The molecule has 1 saturated carbocycles. The van der Waals surface area contributed by atoms with Crippen LogP contribution in [0.25, 0.3) is 0 Å². The predicted molar refractivity (Wildman–Crippen MR) is 103 cm³/mol. The Morgan fingerprint density at radius 2 is 2.12 bits per heavy atom. The van der Waals surface area contributed by atoms with Crippen LogP contribution in [-0.2, 0) is 16.8 Å². The Balaban J connectivity index is 1.53. The maximum Gasteiger partial charge on any atom is 0.343 e. The van der Waals surface area contributed by atoms with Crippen LogP contribution in [0.1, 0.15) is 44.6 Å². The quantitative estimate of drug-likeness (QED) is 0.662. The maximum absolute atomic E-state index is 12.3. The van der Waals surface area contributed by atoms with Crippen molar-refractivity contribution in [2.45, 2.75) is 56.1 Å². The van der Waals surface area contributed by atoms with E-state index in [0.29, 0.717) is 18.2 Å². The van der Waals surface area contributed by atoms with Gasteiger partial charge in [-0.2, -0.15) is 0 Å². The molecule has 6 nitrogen and oxygen atoms in total. The first-order valence-electron chi connectivity index (χ1n) is 9.25. The molecule has 1 aliphatic rings. The largest absolute Gasteiger partial charge is 0.354 e. The number of amides is 1. The normalized spacial score (nSPS) is 15.4. The van der Waals surface area contributed by atoms with Crippen molar-refractivity contribution in [1.82, 2.24) is 20.1 Å². The van der Waals surface area contributed by atoms with E-state index in [0.717, 1.165) is 25.7 Å². The van der Waals surface area contributed by atoms with Gasteiger partial charge in [0, 0.05) is 18.5 Å². The van der Waals surface area contributed by atoms with Crippen molar-refractivity contribution in [3.63, 3.8) is 0 Å². The molecular weight excluding hydrogens is 348 g/mol. The number of aromatic amines is 1. The third kappa shape index (κ3) is 4.20. The molecule has 2 N–H and O–H groups in total. The van der Waals surface area contributed by atoms with Crippen LogP contribution in [-0.4, -0.2) is 33.0 Å². The highest BCUT2D eigenvalue weighted by Crippen LogP contribution is 2.43. The molecule has 1 aromatic carbocycles. The number of carbonyl (C=O) groups is 1. The molecule has 140 valence electrons. The lowest BCUT2D eigenvalue weighted by molar-refractivity contribution is -0.119. The topological polar surface area (TPSA) is 79.8 Å². The van der Waals surface area contributed by atoms with Gasteiger partial charge in [0.25, 0.3) is 0 Å². The standard InChI is InChI=1S/C19H26N4O2S/c1-2-3-12-23-17(25)21-22-18(23)26-13-16(24)20-14-19(10-7-11-19)15-8-5-4-6-9-15/h4-6,8-9H,2-3,7,10-14H2,1H3,(H,20,24)(H,21,25). The van der Waals surface area contributed by atoms with Gasteiger partial charge < -0.3 is 5.32 Å². The molecule has 1 heterocycles. The van der Waals surface area contributed by atoms with Crippen LogP contribution in [0, 0.1) is 0 Å². The zero-order valence-electron chi connectivity index (χ0n) is 15.2. The molecule has 1 aromatic heterocycles. The van der Waals surface area contributed by atoms with E-state index in [9.17, 15) is 9.59 Å². The summed E-state index contributed by atoms with van der Waals surface area (Å²) in [6.07, 6.45) is 5.35. The summed E-state index contributed by atoms with van der Waals surface area (Å²) in [5.41, 5.74) is 1.18. The van der Waals surface area contributed by atoms with Gasteiger partial charge in [-0.05, 0) is 24.8 Å². The highest BCUT2D eigenvalue weighted by atomic mass is 32.2. The number of benzene rings is 1. The Kier molecular flexibility index (Phi) is 6.19. The number of hydrogen-bond donors (Lipinski definition) is 2. The van der Waals surface area contributed by atoms with Crippen molar-refractivity contribution < 1.29 is 4.79 Å². The van der Waals surface area contributed by atoms with E-state index < -0.39 is 0 Å². The molecule has 0 unspecified atom stereocenters. The van der Waals surface area contributed by atoms with Crippen molar-refractivity contribution in [3.05, 3.63) is 46.4 Å². The zero-order valence-corrected chi connectivity index (χ0v) is 16.0. The average Bonchev–Trinajstić information content (AvgIpc) is 2.98. The highest BCUT2D eigenvalue weighted by Gasteiger charge is 2.38. The fourth-order valence-electron chi connectivity index (χ4n) is 3.34. The molecule has 7 heteroatoms. The van der Waals surface area contributed by atoms with Gasteiger partial charge in [0.15, 0.2) is 5.16 Å². The maximum atomic E-state index is 12.3. The molecule has 1 aliphatic carbocycles. The fourth-order valence-corrected chi connectivity index (χ4v) is 4.14. The molecule has 0 aliphatic heterocycles. The second-order valence-electron chi connectivity index (χ2n) is 6.88. The van der Waals surface area contributed by atoms with Crippen molar-refractivity contribution in [2.24, 2.45) is 0 Å². The summed E-state index contributed by atoms with van der Waals surface area (Å²) in [5, 5.41) is 10.2. The molecule has 0 spiro atoms. The van der Waals surface area contributed by atoms with E-state index in [4.69, 9.17) is 0 Å². The van der Waals surface area contributed by atoms with Crippen LogP contribution >= 0.6 is 11.8 Å². The molecular formula is C19H26N4O2S. The first-order valence-corrected chi connectivity index (χ1v) is 10.2. The van der Waals surface area contributed by atoms with Crippen LogP contribution in [0.3, 0.4) is 0 Å². The first kappa shape index (κ1) is 18.8. The van der Waals surface area contributed by atoms with Crippen LogP contribution in [0.15, 0.2) is 40.3 Å². The van der Waals surface area contributed by atoms with E-state index in [2.05, 4.69) is 46.7 Å². The molecule has 3 rings (SSSR count). The summed E-state index contributed by atoms with van der Waals surface area (Å²) < 4.78 is 1.61. The first-order chi connectivity index (χ1) is 12.6. The van der Waals surface area contributed by atoms with Gasteiger partial charge in [0.1, 0.15) is 0 Å². The molecule has 26 heavy (non-hydrogen) atoms. The number of unbranched alkanes of at least 4 members (excludes halogenated alkanes) is 1. The van der Waals surface area contributed by atoms with Crippen LogP contribution in [0.5, 0.6) is 0 Å². The van der Waals surface area contributed by atoms with E-state index in [1.54, 1.807) is 4.57 Å². The van der Waals surface area contributed by atoms with Crippen LogP contribution < -0.4 is 11.0 Å². The predicted octanol–water partition coefficient (Wildman–Crippen LogP) is 2.70. The fraction of sp³-hybridized carbons (Fsp3) is 0.526. The van der Waals surface area contributed by atoms with Crippen molar-refractivity contribution in [2.75, 3.05) is 12.3 Å². The molecule has 2 aromatic rings. The lowest BCUT2D eigenvalue weighted by Gasteiger charge is -2.42. The summed E-state index contributed by atoms with van der Waals surface area (Å²) in [7, 11) is 0. The lowest BCUT2D eigenvalue weighted by atomic mass is 9.64. The molecule has 1 amide bonds. The van der Waals surface area contributed by atoms with Gasteiger partial charge >= 0.3 is 5.69 Å². The number of nitrogens with one attached hydrogen (secondary N) is 2.